The first-order chi connectivity index (χ1) is 9.22. The Labute approximate surface area is 111 Å². The van der Waals surface area contributed by atoms with Crippen LogP contribution in [-0.2, 0) is 18.0 Å². The summed E-state index contributed by atoms with van der Waals surface area (Å²) in [6.45, 7) is 5.38. The number of aryl methyl sites for hydroxylation is 2. The van der Waals surface area contributed by atoms with Crippen molar-refractivity contribution in [3.63, 3.8) is 0 Å². The van der Waals surface area contributed by atoms with Gasteiger partial charge in [-0.15, -0.1) is 0 Å². The summed E-state index contributed by atoms with van der Waals surface area (Å²) < 4.78 is 3.53. The summed E-state index contributed by atoms with van der Waals surface area (Å²) in [4.78, 5) is 16.2. The van der Waals surface area contributed by atoms with Crippen LogP contribution in [0, 0.1) is 0 Å². The molecule has 0 amide bonds. The molecule has 5 heteroatoms. The van der Waals surface area contributed by atoms with Gasteiger partial charge in [-0.3, -0.25) is 14.4 Å². The number of hydrogen-bond acceptors (Lipinski definition) is 3. The van der Waals surface area contributed by atoms with E-state index in [0.29, 0.717) is 13.1 Å². The third-order valence-electron chi connectivity index (χ3n) is 3.16. The molecule has 0 bridgehead atoms. The number of hydrogen-bond donors (Lipinski definition) is 1. The van der Waals surface area contributed by atoms with E-state index in [1.807, 2.05) is 38.1 Å². The zero-order valence-electron chi connectivity index (χ0n) is 11.2. The SMILES string of the molecule is CCn1c(=O)n(CC)c2cc(/C=C/COO)ccc21. The molecule has 0 saturated carbocycles. The Bertz CT molecular complexity index is 652. The van der Waals surface area contributed by atoms with Crippen LogP contribution in [0.4, 0.5) is 0 Å². The standard InChI is InChI=1S/C14H18N2O3/c1-3-15-12-8-7-11(6-5-9-19-18)10-13(12)16(4-2)14(15)17/h5-8,10,18H,3-4,9H2,1-2H3/b6-5+. The van der Waals surface area contributed by atoms with Gasteiger partial charge in [0.25, 0.3) is 0 Å². The van der Waals surface area contributed by atoms with E-state index in [2.05, 4.69) is 4.89 Å². The maximum Gasteiger partial charge on any atom is 0.329 e. The molecule has 1 N–H and O–H groups in total. The van der Waals surface area contributed by atoms with Gasteiger partial charge >= 0.3 is 5.69 Å². The lowest BCUT2D eigenvalue weighted by atomic mass is 10.2. The van der Waals surface area contributed by atoms with Crippen molar-refractivity contribution in [2.75, 3.05) is 6.61 Å². The highest BCUT2D eigenvalue weighted by Gasteiger charge is 2.10. The zero-order valence-corrected chi connectivity index (χ0v) is 11.2. The molecule has 2 aromatic rings. The molecule has 0 saturated heterocycles. The van der Waals surface area contributed by atoms with Gasteiger partial charge < -0.3 is 0 Å². The number of aromatic nitrogens is 2. The lowest BCUT2D eigenvalue weighted by molar-refractivity contribution is -0.231. The highest BCUT2D eigenvalue weighted by molar-refractivity contribution is 5.79. The number of nitrogens with zero attached hydrogens (tertiary/aromatic N) is 2. The summed E-state index contributed by atoms with van der Waals surface area (Å²) in [5, 5.41) is 8.27. The Hall–Kier alpha value is -1.85. The van der Waals surface area contributed by atoms with E-state index in [-0.39, 0.29) is 12.3 Å². The number of benzene rings is 1. The molecule has 102 valence electrons. The summed E-state index contributed by atoms with van der Waals surface area (Å²) in [5.41, 5.74) is 2.88. The highest BCUT2D eigenvalue weighted by Crippen LogP contribution is 2.16. The van der Waals surface area contributed by atoms with Crippen molar-refractivity contribution in [3.8, 4) is 0 Å². The summed E-state index contributed by atoms with van der Waals surface area (Å²) in [7, 11) is 0. The molecule has 2 rings (SSSR count). The molecule has 0 aliphatic carbocycles. The largest absolute Gasteiger partial charge is 0.329 e. The summed E-state index contributed by atoms with van der Waals surface area (Å²) >= 11 is 0. The first kappa shape index (κ1) is 13.6. The van der Waals surface area contributed by atoms with E-state index in [0.717, 1.165) is 16.6 Å². The van der Waals surface area contributed by atoms with Crippen molar-refractivity contribution in [1.82, 2.24) is 9.13 Å². The molecule has 0 aliphatic rings. The quantitative estimate of drug-likeness (QED) is 0.664. The molecule has 0 atom stereocenters. The van der Waals surface area contributed by atoms with Crippen LogP contribution >= 0.6 is 0 Å². The molecule has 0 fully saturated rings. The van der Waals surface area contributed by atoms with Gasteiger partial charge in [0.15, 0.2) is 0 Å². The molecule has 0 radical (unpaired) electrons. The monoisotopic (exact) mass is 262 g/mol. The molecule has 5 nitrogen and oxygen atoms in total. The van der Waals surface area contributed by atoms with Crippen LogP contribution < -0.4 is 5.69 Å². The topological polar surface area (TPSA) is 56.4 Å². The fraction of sp³-hybridized carbons (Fsp3) is 0.357. The van der Waals surface area contributed by atoms with Crippen LogP contribution in [0.3, 0.4) is 0 Å². The van der Waals surface area contributed by atoms with Gasteiger partial charge in [0.1, 0.15) is 6.61 Å². The Morgan fingerprint density at radius 3 is 2.53 bits per heavy atom. The van der Waals surface area contributed by atoms with Crippen LogP contribution in [0.15, 0.2) is 29.1 Å². The molecule has 1 heterocycles. The van der Waals surface area contributed by atoms with E-state index in [1.54, 1.807) is 15.2 Å². The fourth-order valence-electron chi connectivity index (χ4n) is 2.28. The molecule has 1 aromatic heterocycles. The second-order valence-corrected chi connectivity index (χ2v) is 4.22. The molecule has 0 spiro atoms. The van der Waals surface area contributed by atoms with Crippen LogP contribution in [-0.4, -0.2) is 21.0 Å². The molecule has 1 aromatic carbocycles. The summed E-state index contributed by atoms with van der Waals surface area (Å²) in [6, 6.07) is 5.87. The van der Waals surface area contributed by atoms with Gasteiger partial charge in [0.2, 0.25) is 0 Å². The van der Waals surface area contributed by atoms with E-state index in [1.165, 1.54) is 0 Å². The normalized spacial score (nSPS) is 11.7. The van der Waals surface area contributed by atoms with Gasteiger partial charge in [-0.1, -0.05) is 18.2 Å². The number of rotatable bonds is 5. The Kier molecular flexibility index (Phi) is 4.19. The van der Waals surface area contributed by atoms with Crippen LogP contribution in [0.1, 0.15) is 19.4 Å². The Balaban J connectivity index is 2.56. The smallest absolute Gasteiger partial charge is 0.292 e. The average Bonchev–Trinajstić information content (AvgIpc) is 2.69. The van der Waals surface area contributed by atoms with Crippen molar-refractivity contribution in [2.45, 2.75) is 26.9 Å². The minimum Gasteiger partial charge on any atom is -0.292 e. The summed E-state index contributed by atoms with van der Waals surface area (Å²) in [6.07, 6.45) is 3.57. The minimum atomic E-state index is 0.0276. The van der Waals surface area contributed by atoms with Gasteiger partial charge in [-0.25, -0.2) is 9.68 Å². The van der Waals surface area contributed by atoms with E-state index < -0.39 is 0 Å². The highest BCUT2D eigenvalue weighted by atomic mass is 17.1. The first-order valence-corrected chi connectivity index (χ1v) is 6.38. The number of fused-ring (bicyclic) bond motifs is 1. The Morgan fingerprint density at radius 2 is 1.89 bits per heavy atom. The molecular weight excluding hydrogens is 244 g/mol. The van der Waals surface area contributed by atoms with Gasteiger partial charge in [-0.05, 0) is 31.5 Å². The second-order valence-electron chi connectivity index (χ2n) is 4.22. The molecule has 19 heavy (non-hydrogen) atoms. The van der Waals surface area contributed by atoms with Crippen molar-refractivity contribution >= 4 is 17.1 Å². The van der Waals surface area contributed by atoms with Crippen LogP contribution in [0.2, 0.25) is 0 Å². The average molecular weight is 262 g/mol. The number of imidazole rings is 1. The third-order valence-corrected chi connectivity index (χ3v) is 3.16. The van der Waals surface area contributed by atoms with Crippen molar-refractivity contribution in [1.29, 1.82) is 0 Å². The van der Waals surface area contributed by atoms with E-state index in [4.69, 9.17) is 5.26 Å². The van der Waals surface area contributed by atoms with Crippen molar-refractivity contribution in [2.24, 2.45) is 0 Å². The molecule has 0 aliphatic heterocycles. The van der Waals surface area contributed by atoms with Crippen LogP contribution in [0.5, 0.6) is 0 Å². The molecular formula is C14H18N2O3. The predicted molar refractivity (Wildman–Crippen MR) is 75.2 cm³/mol. The molecule has 0 unspecified atom stereocenters. The van der Waals surface area contributed by atoms with Gasteiger partial charge in [-0.2, -0.15) is 0 Å². The predicted octanol–water partition coefficient (Wildman–Crippen LogP) is 2.35. The maximum atomic E-state index is 12.2. The van der Waals surface area contributed by atoms with Crippen molar-refractivity contribution in [3.05, 3.63) is 40.3 Å². The van der Waals surface area contributed by atoms with Gasteiger partial charge in [0.05, 0.1) is 11.0 Å². The van der Waals surface area contributed by atoms with Crippen molar-refractivity contribution < 1.29 is 10.1 Å². The lowest BCUT2D eigenvalue weighted by Gasteiger charge is -2.00. The van der Waals surface area contributed by atoms with Crippen LogP contribution in [0.25, 0.3) is 17.1 Å². The summed E-state index contributed by atoms with van der Waals surface area (Å²) in [5.74, 6) is 0. The zero-order chi connectivity index (χ0) is 13.8. The first-order valence-electron chi connectivity index (χ1n) is 6.38. The lowest BCUT2D eigenvalue weighted by Crippen LogP contribution is -2.22. The minimum absolute atomic E-state index is 0.0276. The van der Waals surface area contributed by atoms with Gasteiger partial charge in [0, 0.05) is 13.1 Å². The van der Waals surface area contributed by atoms with E-state index in [9.17, 15) is 4.79 Å². The maximum absolute atomic E-state index is 12.2. The van der Waals surface area contributed by atoms with E-state index >= 15 is 0 Å². The Morgan fingerprint density at radius 1 is 1.21 bits per heavy atom. The fourth-order valence-corrected chi connectivity index (χ4v) is 2.28. The second kappa shape index (κ2) is 5.86. The third kappa shape index (κ3) is 2.47.